The van der Waals surface area contributed by atoms with Gasteiger partial charge in [-0.15, -0.1) is 0 Å². The maximum atomic E-state index is 11.0. The average molecular weight is 252 g/mol. The van der Waals surface area contributed by atoms with Crippen molar-refractivity contribution in [3.63, 3.8) is 0 Å². The highest BCUT2D eigenvalue weighted by Crippen LogP contribution is 2.61. The monoisotopic (exact) mass is 252 g/mol. The second-order valence-corrected chi connectivity index (χ2v) is 7.13. The van der Waals surface area contributed by atoms with Crippen molar-refractivity contribution >= 4 is 0 Å². The van der Waals surface area contributed by atoms with Crippen molar-refractivity contribution in [1.82, 2.24) is 0 Å². The Balaban J connectivity index is 2.19. The molecule has 0 unspecified atom stereocenters. The van der Waals surface area contributed by atoms with Crippen LogP contribution in [0.5, 0.6) is 0 Å². The molecular weight excluding hydrogens is 228 g/mol. The van der Waals surface area contributed by atoms with Crippen LogP contribution in [-0.4, -0.2) is 32.6 Å². The summed E-state index contributed by atoms with van der Waals surface area (Å²) in [6.07, 6.45) is 5.04. The lowest BCUT2D eigenvalue weighted by Crippen LogP contribution is -2.58. The third-order valence-electron chi connectivity index (χ3n) is 5.65. The first-order valence-corrected chi connectivity index (χ1v) is 7.04. The SMILES string of the molecule is CC(C)[C@]12C=C3[C@](C)(O)CC[C@@]3(O)[C@](C)(CC1)O2. The summed E-state index contributed by atoms with van der Waals surface area (Å²) in [7, 11) is 0. The van der Waals surface area contributed by atoms with E-state index in [2.05, 4.69) is 13.8 Å². The van der Waals surface area contributed by atoms with E-state index in [0.717, 1.165) is 18.4 Å². The maximum absolute atomic E-state index is 11.0. The normalized spacial score (nSPS) is 54.7. The van der Waals surface area contributed by atoms with E-state index in [1.807, 2.05) is 19.9 Å². The topological polar surface area (TPSA) is 49.7 Å². The van der Waals surface area contributed by atoms with E-state index in [1.165, 1.54) is 0 Å². The Labute approximate surface area is 109 Å². The summed E-state index contributed by atoms with van der Waals surface area (Å²) in [6, 6.07) is 0. The number of fused-ring (bicyclic) bond motifs is 4. The molecule has 4 atom stereocenters. The molecule has 0 aromatic carbocycles. The molecule has 2 bridgehead atoms. The summed E-state index contributed by atoms with van der Waals surface area (Å²) in [4.78, 5) is 0. The van der Waals surface area contributed by atoms with E-state index in [1.54, 1.807) is 0 Å². The molecule has 0 radical (unpaired) electrons. The smallest absolute Gasteiger partial charge is 0.117 e. The van der Waals surface area contributed by atoms with E-state index >= 15 is 0 Å². The fourth-order valence-corrected chi connectivity index (χ4v) is 4.13. The lowest BCUT2D eigenvalue weighted by molar-refractivity contribution is -0.190. The Morgan fingerprint density at radius 1 is 1.11 bits per heavy atom. The molecule has 2 heterocycles. The fourth-order valence-electron chi connectivity index (χ4n) is 4.13. The Kier molecular flexibility index (Phi) is 2.24. The molecular formula is C15H24O3. The second kappa shape index (κ2) is 3.20. The highest BCUT2D eigenvalue weighted by atomic mass is 16.5. The van der Waals surface area contributed by atoms with Crippen LogP contribution in [0.3, 0.4) is 0 Å². The zero-order valence-corrected chi connectivity index (χ0v) is 11.8. The lowest BCUT2D eigenvalue weighted by atomic mass is 9.75. The van der Waals surface area contributed by atoms with Crippen LogP contribution in [0.4, 0.5) is 0 Å². The summed E-state index contributed by atoms with van der Waals surface area (Å²) in [5.74, 6) is 0.354. The van der Waals surface area contributed by atoms with Gasteiger partial charge in [-0.3, -0.25) is 0 Å². The number of aliphatic hydroxyl groups is 2. The van der Waals surface area contributed by atoms with Crippen molar-refractivity contribution in [2.75, 3.05) is 0 Å². The number of hydrogen-bond donors (Lipinski definition) is 2. The van der Waals surface area contributed by atoms with Gasteiger partial charge in [0.25, 0.3) is 0 Å². The van der Waals surface area contributed by atoms with Crippen molar-refractivity contribution in [3.05, 3.63) is 11.6 Å². The highest BCUT2D eigenvalue weighted by Gasteiger charge is 2.67. The Hall–Kier alpha value is -0.380. The number of hydrogen-bond acceptors (Lipinski definition) is 3. The first-order valence-electron chi connectivity index (χ1n) is 7.04. The molecule has 2 N–H and O–H groups in total. The first kappa shape index (κ1) is 12.6. The van der Waals surface area contributed by atoms with E-state index < -0.39 is 16.8 Å². The van der Waals surface area contributed by atoms with Gasteiger partial charge < -0.3 is 14.9 Å². The van der Waals surface area contributed by atoms with Crippen LogP contribution in [0, 0.1) is 5.92 Å². The van der Waals surface area contributed by atoms with Gasteiger partial charge in [0, 0.05) is 0 Å². The van der Waals surface area contributed by atoms with Crippen LogP contribution in [-0.2, 0) is 4.74 Å². The van der Waals surface area contributed by atoms with Crippen LogP contribution >= 0.6 is 0 Å². The van der Waals surface area contributed by atoms with Crippen LogP contribution in [0.25, 0.3) is 0 Å². The molecule has 1 aliphatic carbocycles. The molecule has 18 heavy (non-hydrogen) atoms. The number of ether oxygens (including phenoxy) is 1. The lowest BCUT2D eigenvalue weighted by Gasteiger charge is -2.49. The Morgan fingerprint density at radius 3 is 2.39 bits per heavy atom. The van der Waals surface area contributed by atoms with Gasteiger partial charge in [0.2, 0.25) is 0 Å². The molecule has 102 valence electrons. The third-order valence-corrected chi connectivity index (χ3v) is 5.65. The van der Waals surface area contributed by atoms with E-state index in [-0.39, 0.29) is 5.60 Å². The Bertz CT molecular complexity index is 425. The van der Waals surface area contributed by atoms with Gasteiger partial charge in [0.15, 0.2) is 0 Å². The van der Waals surface area contributed by atoms with Crippen LogP contribution in [0.1, 0.15) is 53.4 Å². The first-order chi connectivity index (χ1) is 8.15. The zero-order chi connectivity index (χ0) is 13.4. The average Bonchev–Trinajstić information content (AvgIpc) is 2.70. The molecule has 0 aromatic rings. The molecule has 0 aromatic heterocycles. The molecule has 3 nitrogen and oxygen atoms in total. The van der Waals surface area contributed by atoms with Crippen LogP contribution in [0.15, 0.2) is 11.6 Å². The molecule has 1 saturated carbocycles. The predicted octanol–water partition coefficient (Wildman–Crippen LogP) is 2.17. The van der Waals surface area contributed by atoms with E-state index in [9.17, 15) is 10.2 Å². The van der Waals surface area contributed by atoms with Crippen molar-refractivity contribution < 1.29 is 14.9 Å². The van der Waals surface area contributed by atoms with Crippen molar-refractivity contribution in [3.8, 4) is 0 Å². The van der Waals surface area contributed by atoms with Gasteiger partial charge in [0.05, 0.1) is 16.8 Å². The minimum absolute atomic E-state index is 0.301. The Morgan fingerprint density at radius 2 is 1.78 bits per heavy atom. The fraction of sp³-hybridized carbons (Fsp3) is 0.867. The van der Waals surface area contributed by atoms with Gasteiger partial charge >= 0.3 is 0 Å². The molecule has 3 aliphatic rings. The van der Waals surface area contributed by atoms with E-state index in [4.69, 9.17) is 4.74 Å². The van der Waals surface area contributed by atoms with Gasteiger partial charge in [-0.05, 0) is 57.1 Å². The van der Waals surface area contributed by atoms with Crippen molar-refractivity contribution in [2.24, 2.45) is 5.92 Å². The van der Waals surface area contributed by atoms with Crippen LogP contribution in [0.2, 0.25) is 0 Å². The zero-order valence-electron chi connectivity index (χ0n) is 11.8. The molecule has 2 aliphatic heterocycles. The molecule has 1 saturated heterocycles. The standard InChI is InChI=1S/C15H24O3/c1-10(2)14-7-6-13(4,18-14)15(17)8-5-12(3,16)11(15)9-14/h9-10,16-17H,5-8H2,1-4H3/t12-,13+,14-,15+/m1/s1. The highest BCUT2D eigenvalue weighted by molar-refractivity contribution is 5.42. The quantitative estimate of drug-likeness (QED) is 0.703. The predicted molar refractivity (Wildman–Crippen MR) is 69.2 cm³/mol. The third kappa shape index (κ3) is 1.25. The summed E-state index contributed by atoms with van der Waals surface area (Å²) in [5.41, 5.74) is -1.91. The summed E-state index contributed by atoms with van der Waals surface area (Å²) in [5, 5.41) is 21.6. The largest absolute Gasteiger partial charge is 0.386 e. The van der Waals surface area contributed by atoms with Gasteiger partial charge in [0.1, 0.15) is 5.60 Å². The second-order valence-electron chi connectivity index (χ2n) is 7.13. The van der Waals surface area contributed by atoms with Gasteiger partial charge in [-0.25, -0.2) is 0 Å². The van der Waals surface area contributed by atoms with Crippen LogP contribution < -0.4 is 0 Å². The summed E-state index contributed by atoms with van der Waals surface area (Å²) < 4.78 is 6.31. The summed E-state index contributed by atoms with van der Waals surface area (Å²) >= 11 is 0. The molecule has 0 amide bonds. The van der Waals surface area contributed by atoms with Gasteiger partial charge in [-0.1, -0.05) is 13.8 Å². The maximum Gasteiger partial charge on any atom is 0.117 e. The molecule has 3 heteroatoms. The summed E-state index contributed by atoms with van der Waals surface area (Å²) in [6.45, 7) is 8.12. The molecule has 3 rings (SSSR count). The van der Waals surface area contributed by atoms with Gasteiger partial charge in [-0.2, -0.15) is 0 Å². The minimum atomic E-state index is -0.981. The number of rotatable bonds is 1. The molecule has 2 fully saturated rings. The minimum Gasteiger partial charge on any atom is -0.386 e. The molecule has 0 spiro atoms. The van der Waals surface area contributed by atoms with Crippen molar-refractivity contribution in [1.29, 1.82) is 0 Å². The van der Waals surface area contributed by atoms with Crippen molar-refractivity contribution in [2.45, 2.75) is 75.8 Å². The van der Waals surface area contributed by atoms with E-state index in [0.29, 0.717) is 18.8 Å².